The van der Waals surface area contributed by atoms with Crippen LogP contribution in [0.1, 0.15) is 29.7 Å². The van der Waals surface area contributed by atoms with Gasteiger partial charge in [-0.05, 0) is 36.6 Å². The van der Waals surface area contributed by atoms with Gasteiger partial charge in [-0.1, -0.05) is 78.9 Å². The molecule has 0 unspecified atom stereocenters. The highest BCUT2D eigenvalue weighted by Gasteiger charge is 2.70. The van der Waals surface area contributed by atoms with Crippen LogP contribution in [0.15, 0.2) is 89.9 Å². The Morgan fingerprint density at radius 3 is 2.03 bits per heavy atom. The second kappa shape index (κ2) is 6.96. The lowest BCUT2D eigenvalue weighted by molar-refractivity contribution is 0.162. The van der Waals surface area contributed by atoms with Gasteiger partial charge in [0.25, 0.3) is 0 Å². The summed E-state index contributed by atoms with van der Waals surface area (Å²) in [6.45, 7) is 2.36. The molecule has 2 nitrogen and oxygen atoms in total. The van der Waals surface area contributed by atoms with E-state index in [2.05, 4.69) is 109 Å². The monoisotopic (exact) mass is 416 g/mol. The molecule has 0 aliphatic carbocycles. The number of thioether (sulfide) groups is 2. The van der Waals surface area contributed by atoms with Gasteiger partial charge in [0.05, 0.1) is 17.1 Å². The third-order valence-electron chi connectivity index (χ3n) is 6.36. The van der Waals surface area contributed by atoms with Crippen LogP contribution in [0.25, 0.3) is 0 Å². The zero-order chi connectivity index (χ0) is 20.1. The van der Waals surface area contributed by atoms with Gasteiger partial charge in [-0.2, -0.15) is 0 Å². The van der Waals surface area contributed by atoms with E-state index in [1.807, 2.05) is 23.5 Å². The van der Waals surface area contributed by atoms with Crippen molar-refractivity contribution in [2.24, 2.45) is 4.99 Å². The number of hydrogen-bond acceptors (Lipinski definition) is 4. The first-order chi connectivity index (χ1) is 14.2. The van der Waals surface area contributed by atoms with E-state index in [9.17, 15) is 0 Å². The fraction of sp³-hybridized carbons (Fsp3) is 0.240. The van der Waals surface area contributed by atoms with Crippen LogP contribution in [-0.2, 0) is 5.41 Å². The largest absolute Gasteiger partial charge is 0.323 e. The quantitative estimate of drug-likeness (QED) is 0.453. The molecule has 3 aromatic rings. The Labute approximate surface area is 181 Å². The maximum absolute atomic E-state index is 5.23. The number of amidine groups is 1. The summed E-state index contributed by atoms with van der Waals surface area (Å²) in [5.41, 5.74) is 4.84. The van der Waals surface area contributed by atoms with Gasteiger partial charge in [-0.3, -0.25) is 0 Å². The first-order valence-electron chi connectivity index (χ1n) is 9.85. The molecule has 0 spiro atoms. The minimum Gasteiger partial charge on any atom is -0.323 e. The fourth-order valence-corrected chi connectivity index (χ4v) is 7.66. The Kier molecular flexibility index (Phi) is 4.52. The molecule has 1 fully saturated rings. The molecule has 2 heterocycles. The number of nitrogens with zero attached hydrogens (tertiary/aromatic N) is 2. The normalized spacial score (nSPS) is 24.2. The van der Waals surface area contributed by atoms with Gasteiger partial charge in [-0.25, -0.2) is 4.99 Å². The number of fused-ring (bicyclic) bond motifs is 2. The standard InChI is InChI=1S/C25H24N2S2/c1-24(19-14-8-5-9-15-19)23-26-21-17-11-10-16-20(21)22(18-12-6-4-7-13-18)27(23)25(24,28-2)29-3/h4-17,22H,1-3H3/t22-,24-/m1/s1. The van der Waals surface area contributed by atoms with Gasteiger partial charge in [0.2, 0.25) is 0 Å². The van der Waals surface area contributed by atoms with Gasteiger partial charge >= 0.3 is 0 Å². The van der Waals surface area contributed by atoms with Gasteiger partial charge in [-0.15, -0.1) is 23.5 Å². The van der Waals surface area contributed by atoms with Crippen LogP contribution in [0.5, 0.6) is 0 Å². The van der Waals surface area contributed by atoms with Crippen LogP contribution in [0.3, 0.4) is 0 Å². The molecule has 146 valence electrons. The van der Waals surface area contributed by atoms with Crippen molar-refractivity contribution < 1.29 is 0 Å². The van der Waals surface area contributed by atoms with Crippen LogP contribution >= 0.6 is 23.5 Å². The lowest BCUT2D eigenvalue weighted by atomic mass is 9.70. The molecule has 3 aromatic carbocycles. The van der Waals surface area contributed by atoms with Crippen molar-refractivity contribution in [2.75, 3.05) is 12.5 Å². The molecule has 0 amide bonds. The molecule has 5 rings (SSSR count). The molecule has 4 heteroatoms. The molecule has 0 radical (unpaired) electrons. The summed E-state index contributed by atoms with van der Waals surface area (Å²) in [6.07, 6.45) is 4.47. The van der Waals surface area contributed by atoms with Gasteiger partial charge < -0.3 is 4.90 Å². The Morgan fingerprint density at radius 2 is 1.38 bits per heavy atom. The predicted molar refractivity (Wildman–Crippen MR) is 127 cm³/mol. The van der Waals surface area contributed by atoms with Crippen LogP contribution in [0.2, 0.25) is 0 Å². The molecular weight excluding hydrogens is 392 g/mol. The lowest BCUT2D eigenvalue weighted by Crippen LogP contribution is -2.77. The van der Waals surface area contributed by atoms with Crippen LogP contribution in [-0.4, -0.2) is 27.5 Å². The minimum absolute atomic E-state index is 0.138. The van der Waals surface area contributed by atoms with Gasteiger partial charge in [0.15, 0.2) is 4.20 Å². The highest BCUT2D eigenvalue weighted by molar-refractivity contribution is 8.17. The maximum Gasteiger partial charge on any atom is 0.151 e. The summed E-state index contributed by atoms with van der Waals surface area (Å²) in [7, 11) is 0. The second-order valence-electron chi connectivity index (χ2n) is 7.66. The molecule has 0 saturated carbocycles. The third-order valence-corrected chi connectivity index (χ3v) is 9.68. The second-order valence-corrected chi connectivity index (χ2v) is 9.92. The highest BCUT2D eigenvalue weighted by Crippen LogP contribution is 2.66. The first kappa shape index (κ1) is 18.8. The Balaban J connectivity index is 1.78. The molecular formula is C25H24N2S2. The van der Waals surface area contributed by atoms with Crippen LogP contribution < -0.4 is 0 Å². The molecule has 0 bridgehead atoms. The fourth-order valence-electron chi connectivity index (χ4n) is 4.98. The zero-order valence-electron chi connectivity index (χ0n) is 16.9. The van der Waals surface area contributed by atoms with Crippen molar-refractivity contribution in [1.82, 2.24) is 4.90 Å². The number of rotatable bonds is 4. The van der Waals surface area contributed by atoms with Crippen LogP contribution in [0, 0.1) is 0 Å². The Bertz CT molecular complexity index is 1060. The lowest BCUT2D eigenvalue weighted by Gasteiger charge is -2.68. The minimum atomic E-state index is -0.173. The first-order valence-corrected chi connectivity index (χ1v) is 12.3. The summed E-state index contributed by atoms with van der Waals surface area (Å²) < 4.78 is -0.138. The molecule has 2 atom stereocenters. The number of benzene rings is 3. The molecule has 2 aliphatic rings. The summed E-state index contributed by atoms with van der Waals surface area (Å²) >= 11 is 3.86. The van der Waals surface area contributed by atoms with Crippen molar-refractivity contribution in [3.63, 3.8) is 0 Å². The van der Waals surface area contributed by atoms with E-state index in [0.717, 1.165) is 5.69 Å². The number of hydrogen-bond donors (Lipinski definition) is 0. The van der Waals surface area contributed by atoms with E-state index in [1.165, 1.54) is 22.5 Å². The summed E-state index contributed by atoms with van der Waals surface area (Å²) in [5, 5.41) is 0. The molecule has 2 aliphatic heterocycles. The average molecular weight is 417 g/mol. The van der Waals surface area contributed by atoms with Crippen molar-refractivity contribution in [3.8, 4) is 0 Å². The number of aliphatic imine (C=N–C) groups is 1. The van der Waals surface area contributed by atoms with E-state index in [4.69, 9.17) is 4.99 Å². The molecule has 0 aromatic heterocycles. The van der Waals surface area contributed by atoms with Crippen molar-refractivity contribution in [3.05, 3.63) is 102 Å². The van der Waals surface area contributed by atoms with Crippen molar-refractivity contribution in [2.45, 2.75) is 22.6 Å². The van der Waals surface area contributed by atoms with E-state index < -0.39 is 0 Å². The number of para-hydroxylation sites is 1. The van der Waals surface area contributed by atoms with Crippen molar-refractivity contribution in [1.29, 1.82) is 0 Å². The Hall–Kier alpha value is -2.17. The van der Waals surface area contributed by atoms with Gasteiger partial charge in [0, 0.05) is 5.56 Å². The van der Waals surface area contributed by atoms with Gasteiger partial charge in [0.1, 0.15) is 5.84 Å². The topological polar surface area (TPSA) is 15.6 Å². The molecule has 1 saturated heterocycles. The van der Waals surface area contributed by atoms with E-state index in [0.29, 0.717) is 0 Å². The smallest absolute Gasteiger partial charge is 0.151 e. The van der Waals surface area contributed by atoms with E-state index in [-0.39, 0.29) is 15.7 Å². The third kappa shape index (κ3) is 2.42. The summed E-state index contributed by atoms with van der Waals surface area (Å²) in [6, 6.07) is 30.5. The molecule has 29 heavy (non-hydrogen) atoms. The Morgan fingerprint density at radius 1 is 0.793 bits per heavy atom. The molecule has 0 N–H and O–H groups in total. The average Bonchev–Trinajstić information content (AvgIpc) is 2.80. The summed E-state index contributed by atoms with van der Waals surface area (Å²) in [4.78, 5) is 7.79. The van der Waals surface area contributed by atoms with E-state index >= 15 is 0 Å². The SMILES string of the molecule is CSC1(SC)N2C(=Nc3ccccc3[C@H]2c2ccccc2)[C@@]1(C)c1ccccc1. The highest BCUT2D eigenvalue weighted by atomic mass is 32.2. The zero-order valence-corrected chi connectivity index (χ0v) is 18.5. The maximum atomic E-state index is 5.23. The van der Waals surface area contributed by atoms with Crippen LogP contribution in [0.4, 0.5) is 5.69 Å². The van der Waals surface area contributed by atoms with E-state index in [1.54, 1.807) is 0 Å². The van der Waals surface area contributed by atoms with Crippen molar-refractivity contribution >= 4 is 35.0 Å². The summed E-state index contributed by atoms with van der Waals surface area (Å²) in [5.74, 6) is 1.17. The predicted octanol–water partition coefficient (Wildman–Crippen LogP) is 6.47.